The molecule has 0 saturated heterocycles. The zero-order valence-electron chi connectivity index (χ0n) is 15.8. The van der Waals surface area contributed by atoms with E-state index in [4.69, 9.17) is 16.3 Å². The Morgan fingerprint density at radius 2 is 1.45 bits per heavy atom. The summed E-state index contributed by atoms with van der Waals surface area (Å²) in [6.07, 6.45) is 1.70. The Morgan fingerprint density at radius 1 is 0.828 bits per heavy atom. The molecule has 0 unspecified atom stereocenters. The van der Waals surface area contributed by atoms with Crippen LogP contribution in [0.25, 0.3) is 22.4 Å². The molecule has 0 aliphatic rings. The summed E-state index contributed by atoms with van der Waals surface area (Å²) in [5.41, 5.74) is 4.60. The molecular weight excluding hydrogens is 380 g/mol. The Morgan fingerprint density at radius 3 is 2.10 bits per heavy atom. The SMILES string of the molecule is Cc1ccc(-c2ncc(-c3ccc(Oc4ccccc4)cc3)c(C#N)c2Cl)cc1. The molecule has 1 aromatic heterocycles. The van der Waals surface area contributed by atoms with E-state index in [2.05, 4.69) is 11.1 Å². The van der Waals surface area contributed by atoms with Gasteiger partial charge in [-0.2, -0.15) is 5.26 Å². The van der Waals surface area contributed by atoms with Gasteiger partial charge in [0, 0.05) is 17.3 Å². The van der Waals surface area contributed by atoms with Gasteiger partial charge in [0.05, 0.1) is 16.3 Å². The Kier molecular flexibility index (Phi) is 5.29. The first-order valence-electron chi connectivity index (χ1n) is 9.14. The quantitative estimate of drug-likeness (QED) is 0.371. The maximum atomic E-state index is 9.74. The Hall–Kier alpha value is -3.61. The maximum absolute atomic E-state index is 9.74. The monoisotopic (exact) mass is 396 g/mol. The lowest BCUT2D eigenvalue weighted by Crippen LogP contribution is -1.94. The fraction of sp³-hybridized carbons (Fsp3) is 0.0400. The van der Waals surface area contributed by atoms with Crippen LogP contribution < -0.4 is 4.74 Å². The van der Waals surface area contributed by atoms with Gasteiger partial charge in [0.1, 0.15) is 17.6 Å². The third-order valence-corrected chi connectivity index (χ3v) is 4.97. The van der Waals surface area contributed by atoms with Gasteiger partial charge in [-0.15, -0.1) is 0 Å². The molecule has 140 valence electrons. The van der Waals surface area contributed by atoms with Crippen LogP contribution in [0.5, 0.6) is 11.5 Å². The molecule has 4 rings (SSSR count). The van der Waals surface area contributed by atoms with Crippen LogP contribution in [0.3, 0.4) is 0 Å². The second-order valence-electron chi connectivity index (χ2n) is 6.63. The Bertz CT molecular complexity index is 1180. The lowest BCUT2D eigenvalue weighted by atomic mass is 9.99. The van der Waals surface area contributed by atoms with Gasteiger partial charge in [0.2, 0.25) is 0 Å². The molecule has 0 fully saturated rings. The number of hydrogen-bond acceptors (Lipinski definition) is 3. The highest BCUT2D eigenvalue weighted by Crippen LogP contribution is 2.35. The highest BCUT2D eigenvalue weighted by molar-refractivity contribution is 6.34. The molecule has 0 N–H and O–H groups in total. The van der Waals surface area contributed by atoms with Crippen molar-refractivity contribution in [1.29, 1.82) is 5.26 Å². The normalized spacial score (nSPS) is 10.4. The number of hydrogen-bond donors (Lipinski definition) is 0. The maximum Gasteiger partial charge on any atom is 0.127 e. The molecule has 1 heterocycles. The topological polar surface area (TPSA) is 45.9 Å². The number of aryl methyl sites for hydroxylation is 1. The zero-order valence-corrected chi connectivity index (χ0v) is 16.5. The molecule has 0 bridgehead atoms. The van der Waals surface area contributed by atoms with Gasteiger partial charge in [-0.05, 0) is 36.8 Å². The third-order valence-electron chi connectivity index (χ3n) is 4.60. The van der Waals surface area contributed by atoms with E-state index in [1.54, 1.807) is 6.20 Å². The number of benzene rings is 3. The zero-order chi connectivity index (χ0) is 20.2. The lowest BCUT2D eigenvalue weighted by molar-refractivity contribution is 0.483. The number of aromatic nitrogens is 1. The van der Waals surface area contributed by atoms with E-state index in [0.717, 1.165) is 22.4 Å². The first kappa shape index (κ1) is 18.7. The van der Waals surface area contributed by atoms with Crippen LogP contribution in [0, 0.1) is 18.3 Å². The average molecular weight is 397 g/mol. The lowest BCUT2D eigenvalue weighted by Gasteiger charge is -2.11. The van der Waals surface area contributed by atoms with E-state index in [0.29, 0.717) is 27.6 Å². The van der Waals surface area contributed by atoms with Crippen molar-refractivity contribution in [3.8, 4) is 40.0 Å². The smallest absolute Gasteiger partial charge is 0.127 e. The summed E-state index contributed by atoms with van der Waals surface area (Å²) >= 11 is 6.57. The molecule has 0 spiro atoms. The standard InChI is InChI=1S/C25H17ClN2O/c1-17-7-9-19(10-8-17)25-24(26)22(15-27)23(16-28-25)18-11-13-21(14-12-18)29-20-5-3-2-4-6-20/h2-14,16H,1H3. The molecule has 0 amide bonds. The van der Waals surface area contributed by atoms with Crippen molar-refractivity contribution in [1.82, 2.24) is 4.98 Å². The number of nitriles is 1. The van der Waals surface area contributed by atoms with Crippen LogP contribution in [-0.2, 0) is 0 Å². The highest BCUT2D eigenvalue weighted by Gasteiger charge is 2.16. The number of halogens is 1. The summed E-state index contributed by atoms with van der Waals surface area (Å²) in [5, 5.41) is 10.1. The van der Waals surface area contributed by atoms with Gasteiger partial charge in [0.25, 0.3) is 0 Å². The van der Waals surface area contributed by atoms with Gasteiger partial charge >= 0.3 is 0 Å². The molecule has 0 aliphatic heterocycles. The van der Waals surface area contributed by atoms with E-state index in [1.807, 2.05) is 85.8 Å². The number of ether oxygens (including phenoxy) is 1. The molecule has 0 saturated carbocycles. The summed E-state index contributed by atoms with van der Waals surface area (Å²) < 4.78 is 5.83. The minimum Gasteiger partial charge on any atom is -0.457 e. The number of para-hydroxylation sites is 1. The summed E-state index contributed by atoms with van der Waals surface area (Å²) in [7, 11) is 0. The van der Waals surface area contributed by atoms with Crippen LogP contribution in [-0.4, -0.2) is 4.98 Å². The van der Waals surface area contributed by atoms with E-state index >= 15 is 0 Å². The van der Waals surface area contributed by atoms with Gasteiger partial charge in [0.15, 0.2) is 0 Å². The van der Waals surface area contributed by atoms with Crippen LogP contribution in [0.4, 0.5) is 0 Å². The Balaban J connectivity index is 1.67. The van der Waals surface area contributed by atoms with Crippen molar-refractivity contribution < 1.29 is 4.74 Å². The van der Waals surface area contributed by atoms with Crippen LogP contribution >= 0.6 is 11.6 Å². The fourth-order valence-electron chi connectivity index (χ4n) is 3.05. The molecule has 4 aromatic rings. The minimum absolute atomic E-state index is 0.360. The molecule has 3 nitrogen and oxygen atoms in total. The molecule has 3 aromatic carbocycles. The second kappa shape index (κ2) is 8.18. The molecule has 4 heteroatoms. The predicted octanol–water partition coefficient (Wildman–Crippen LogP) is 7.04. The molecule has 0 atom stereocenters. The van der Waals surface area contributed by atoms with Crippen molar-refractivity contribution in [3.63, 3.8) is 0 Å². The predicted molar refractivity (Wildman–Crippen MR) is 116 cm³/mol. The number of nitrogens with zero attached hydrogens (tertiary/aromatic N) is 2. The van der Waals surface area contributed by atoms with Gasteiger partial charge < -0.3 is 4.74 Å². The average Bonchev–Trinajstić information content (AvgIpc) is 2.76. The highest BCUT2D eigenvalue weighted by atomic mass is 35.5. The molecule has 0 aliphatic carbocycles. The summed E-state index contributed by atoms with van der Waals surface area (Å²) in [4.78, 5) is 4.54. The largest absolute Gasteiger partial charge is 0.457 e. The third kappa shape index (κ3) is 3.99. The fourth-order valence-corrected chi connectivity index (χ4v) is 3.36. The van der Waals surface area contributed by atoms with Crippen molar-refractivity contribution in [2.24, 2.45) is 0 Å². The summed E-state index contributed by atoms with van der Waals surface area (Å²) in [6.45, 7) is 2.02. The summed E-state index contributed by atoms with van der Waals surface area (Å²) in [6, 6.07) is 27.3. The van der Waals surface area contributed by atoms with Crippen molar-refractivity contribution in [3.05, 3.63) is 101 Å². The van der Waals surface area contributed by atoms with Crippen molar-refractivity contribution >= 4 is 11.6 Å². The summed E-state index contributed by atoms with van der Waals surface area (Å²) in [5.74, 6) is 1.49. The molecular formula is C25H17ClN2O. The number of pyridine rings is 1. The van der Waals surface area contributed by atoms with E-state index < -0.39 is 0 Å². The van der Waals surface area contributed by atoms with Gasteiger partial charge in [-0.3, -0.25) is 4.98 Å². The second-order valence-corrected chi connectivity index (χ2v) is 7.00. The first-order valence-corrected chi connectivity index (χ1v) is 9.52. The van der Waals surface area contributed by atoms with Crippen molar-refractivity contribution in [2.75, 3.05) is 0 Å². The van der Waals surface area contributed by atoms with Gasteiger partial charge in [-0.25, -0.2) is 0 Å². The molecule has 0 radical (unpaired) electrons. The molecule has 29 heavy (non-hydrogen) atoms. The Labute approximate surface area is 174 Å². The van der Waals surface area contributed by atoms with E-state index in [9.17, 15) is 5.26 Å². The minimum atomic E-state index is 0.360. The van der Waals surface area contributed by atoms with Crippen LogP contribution in [0.15, 0.2) is 85.1 Å². The van der Waals surface area contributed by atoms with E-state index in [-0.39, 0.29) is 0 Å². The van der Waals surface area contributed by atoms with Gasteiger partial charge in [-0.1, -0.05) is 71.8 Å². The number of rotatable bonds is 4. The van der Waals surface area contributed by atoms with Crippen molar-refractivity contribution in [2.45, 2.75) is 6.92 Å². The van der Waals surface area contributed by atoms with Crippen LogP contribution in [0.1, 0.15) is 11.1 Å². The van der Waals surface area contributed by atoms with Crippen LogP contribution in [0.2, 0.25) is 5.02 Å². The first-order chi connectivity index (χ1) is 14.2. The van der Waals surface area contributed by atoms with E-state index in [1.165, 1.54) is 0 Å².